The molecule has 2 heterocycles. The third-order valence-corrected chi connectivity index (χ3v) is 4.88. The van der Waals surface area contributed by atoms with Crippen LogP contribution in [0, 0.1) is 0 Å². The molecule has 3 rings (SSSR count). The van der Waals surface area contributed by atoms with Crippen LogP contribution in [-0.4, -0.2) is 29.5 Å². The molecule has 2 fully saturated rings. The fraction of sp³-hybridized carbons (Fsp3) is 0.500. The number of nitrogens with one attached hydrogen (secondary N) is 2. The monoisotopic (exact) mass is 262 g/mol. The maximum absolute atomic E-state index is 12.0. The Labute approximate surface area is 112 Å². The number of carbonyl (C=O) groups is 1. The van der Waals surface area contributed by atoms with Crippen LogP contribution >= 0.6 is 11.8 Å². The van der Waals surface area contributed by atoms with E-state index >= 15 is 0 Å². The van der Waals surface area contributed by atoms with Crippen molar-refractivity contribution in [3.8, 4) is 0 Å². The number of amides is 1. The largest absolute Gasteiger partial charge is 0.353 e. The van der Waals surface area contributed by atoms with Crippen LogP contribution in [-0.2, 0) is 4.79 Å². The fourth-order valence-electron chi connectivity index (χ4n) is 2.74. The molecule has 1 aromatic carbocycles. The Balaban J connectivity index is 1.83. The smallest absolute Gasteiger partial charge is 0.241 e. The molecule has 18 heavy (non-hydrogen) atoms. The number of benzene rings is 1. The number of hydrogen-bond donors (Lipinski definition) is 2. The van der Waals surface area contributed by atoms with Crippen molar-refractivity contribution in [3.05, 3.63) is 35.9 Å². The zero-order chi connectivity index (χ0) is 12.4. The highest BCUT2D eigenvalue weighted by Gasteiger charge is 2.40. The van der Waals surface area contributed by atoms with Crippen molar-refractivity contribution in [2.45, 2.75) is 24.4 Å². The summed E-state index contributed by atoms with van der Waals surface area (Å²) >= 11 is 2.01. The van der Waals surface area contributed by atoms with Crippen LogP contribution in [0.1, 0.15) is 24.4 Å². The normalized spacial score (nSPS) is 26.9. The summed E-state index contributed by atoms with van der Waals surface area (Å²) in [5.41, 5.74) is 1.17. The fourth-order valence-corrected chi connectivity index (χ4v) is 4.02. The Bertz CT molecular complexity index is 429. The van der Waals surface area contributed by atoms with Crippen molar-refractivity contribution in [2.24, 2.45) is 0 Å². The summed E-state index contributed by atoms with van der Waals surface area (Å²) in [6.07, 6.45) is 2.28. The minimum Gasteiger partial charge on any atom is -0.353 e. The van der Waals surface area contributed by atoms with Crippen molar-refractivity contribution in [3.63, 3.8) is 0 Å². The standard InChI is InChI=1S/C14H18N2OS/c17-13-12(11-4-2-1-3-5-11)16-14(10-15-13)6-8-18-9-7-14/h1-5,12,16H,6-10H2,(H,15,17). The van der Waals surface area contributed by atoms with Crippen molar-refractivity contribution < 1.29 is 4.79 Å². The van der Waals surface area contributed by atoms with Crippen LogP contribution < -0.4 is 10.6 Å². The molecule has 2 aliphatic rings. The Morgan fingerprint density at radius 1 is 1.17 bits per heavy atom. The lowest BCUT2D eigenvalue weighted by molar-refractivity contribution is -0.126. The van der Waals surface area contributed by atoms with E-state index in [1.54, 1.807) is 0 Å². The molecular weight excluding hydrogens is 244 g/mol. The predicted molar refractivity (Wildman–Crippen MR) is 74.6 cm³/mol. The van der Waals surface area contributed by atoms with E-state index < -0.39 is 0 Å². The van der Waals surface area contributed by atoms with Crippen molar-refractivity contribution in [1.82, 2.24) is 10.6 Å². The van der Waals surface area contributed by atoms with Crippen molar-refractivity contribution in [2.75, 3.05) is 18.1 Å². The molecule has 0 aliphatic carbocycles. The van der Waals surface area contributed by atoms with E-state index in [1.807, 2.05) is 42.1 Å². The summed E-state index contributed by atoms with van der Waals surface area (Å²) in [4.78, 5) is 12.0. The second kappa shape index (κ2) is 4.94. The molecule has 2 aliphatic heterocycles. The number of rotatable bonds is 1. The van der Waals surface area contributed by atoms with Gasteiger partial charge in [-0.15, -0.1) is 0 Å². The van der Waals surface area contributed by atoms with Gasteiger partial charge in [0.05, 0.1) is 0 Å². The van der Waals surface area contributed by atoms with Crippen LogP contribution in [0.2, 0.25) is 0 Å². The molecule has 0 aromatic heterocycles. The molecule has 1 atom stereocenters. The van der Waals surface area contributed by atoms with Crippen LogP contribution in [0.4, 0.5) is 0 Å². The SMILES string of the molecule is O=C1NCC2(CCSCC2)NC1c1ccccc1. The molecule has 0 saturated carbocycles. The van der Waals surface area contributed by atoms with Gasteiger partial charge in [-0.3, -0.25) is 10.1 Å². The summed E-state index contributed by atoms with van der Waals surface area (Å²) in [5.74, 6) is 2.47. The molecule has 1 aromatic rings. The van der Waals surface area contributed by atoms with Gasteiger partial charge in [-0.25, -0.2) is 0 Å². The Hall–Kier alpha value is -1.00. The quantitative estimate of drug-likeness (QED) is 0.809. The van der Waals surface area contributed by atoms with Gasteiger partial charge in [0.2, 0.25) is 5.91 Å². The van der Waals surface area contributed by atoms with E-state index in [-0.39, 0.29) is 17.5 Å². The second-order valence-corrected chi connectivity index (χ2v) is 6.32. The minimum atomic E-state index is -0.192. The highest BCUT2D eigenvalue weighted by atomic mass is 32.2. The molecular formula is C14H18N2OS. The molecule has 1 spiro atoms. The lowest BCUT2D eigenvalue weighted by atomic mass is 9.87. The van der Waals surface area contributed by atoms with Crippen LogP contribution in [0.15, 0.2) is 30.3 Å². The van der Waals surface area contributed by atoms with Crippen LogP contribution in [0.3, 0.4) is 0 Å². The summed E-state index contributed by atoms with van der Waals surface area (Å²) in [7, 11) is 0. The molecule has 4 heteroatoms. The highest BCUT2D eigenvalue weighted by Crippen LogP contribution is 2.31. The molecule has 3 nitrogen and oxygen atoms in total. The summed E-state index contributed by atoms with van der Waals surface area (Å²) in [5, 5.41) is 6.69. The molecule has 0 radical (unpaired) electrons. The van der Waals surface area contributed by atoms with Gasteiger partial charge >= 0.3 is 0 Å². The van der Waals surface area contributed by atoms with Gasteiger partial charge in [0, 0.05) is 12.1 Å². The average Bonchev–Trinajstić information content (AvgIpc) is 2.44. The number of thioether (sulfide) groups is 1. The van der Waals surface area contributed by atoms with Gasteiger partial charge < -0.3 is 5.32 Å². The summed E-state index contributed by atoms with van der Waals surface area (Å²) < 4.78 is 0. The molecule has 2 saturated heterocycles. The summed E-state index contributed by atoms with van der Waals surface area (Å²) in [6.45, 7) is 0.774. The van der Waals surface area contributed by atoms with Crippen molar-refractivity contribution in [1.29, 1.82) is 0 Å². The first-order chi connectivity index (χ1) is 8.79. The zero-order valence-corrected chi connectivity index (χ0v) is 11.1. The zero-order valence-electron chi connectivity index (χ0n) is 10.3. The number of hydrogen-bond acceptors (Lipinski definition) is 3. The molecule has 2 N–H and O–H groups in total. The second-order valence-electron chi connectivity index (χ2n) is 5.10. The van der Waals surface area contributed by atoms with E-state index in [1.165, 1.54) is 11.5 Å². The Morgan fingerprint density at radius 2 is 1.89 bits per heavy atom. The Kier molecular flexibility index (Phi) is 3.31. The third-order valence-electron chi connectivity index (χ3n) is 3.90. The Morgan fingerprint density at radius 3 is 2.61 bits per heavy atom. The average molecular weight is 262 g/mol. The highest BCUT2D eigenvalue weighted by molar-refractivity contribution is 7.99. The predicted octanol–water partition coefficient (Wildman–Crippen LogP) is 1.71. The van der Waals surface area contributed by atoms with Crippen LogP contribution in [0.5, 0.6) is 0 Å². The van der Waals surface area contributed by atoms with Gasteiger partial charge in [0.1, 0.15) is 6.04 Å². The first kappa shape index (κ1) is 12.1. The number of carbonyl (C=O) groups excluding carboxylic acids is 1. The summed E-state index contributed by atoms with van der Waals surface area (Å²) in [6, 6.07) is 9.81. The maximum Gasteiger partial charge on any atom is 0.241 e. The van der Waals surface area contributed by atoms with E-state index in [0.29, 0.717) is 0 Å². The van der Waals surface area contributed by atoms with E-state index in [9.17, 15) is 4.79 Å². The lowest BCUT2D eigenvalue weighted by Crippen LogP contribution is -2.63. The lowest BCUT2D eigenvalue weighted by Gasteiger charge is -2.44. The van der Waals surface area contributed by atoms with Gasteiger partial charge in [-0.1, -0.05) is 30.3 Å². The van der Waals surface area contributed by atoms with E-state index in [0.717, 1.165) is 24.9 Å². The first-order valence-corrected chi connectivity index (χ1v) is 7.63. The minimum absolute atomic E-state index is 0.102. The number of piperazine rings is 1. The van der Waals surface area contributed by atoms with Gasteiger partial charge in [0.15, 0.2) is 0 Å². The first-order valence-electron chi connectivity index (χ1n) is 6.47. The molecule has 1 amide bonds. The third kappa shape index (κ3) is 2.27. The van der Waals surface area contributed by atoms with E-state index in [4.69, 9.17) is 0 Å². The van der Waals surface area contributed by atoms with Gasteiger partial charge in [0.25, 0.3) is 0 Å². The molecule has 0 bridgehead atoms. The van der Waals surface area contributed by atoms with Gasteiger partial charge in [-0.2, -0.15) is 11.8 Å². The maximum atomic E-state index is 12.0. The van der Waals surface area contributed by atoms with Crippen LogP contribution in [0.25, 0.3) is 0 Å². The molecule has 96 valence electrons. The van der Waals surface area contributed by atoms with E-state index in [2.05, 4.69) is 10.6 Å². The van der Waals surface area contributed by atoms with Gasteiger partial charge in [-0.05, 0) is 29.9 Å². The molecule has 1 unspecified atom stereocenters. The topological polar surface area (TPSA) is 41.1 Å². The van der Waals surface area contributed by atoms with Crippen molar-refractivity contribution >= 4 is 17.7 Å².